The number of rotatable bonds is 10. The highest BCUT2D eigenvalue weighted by molar-refractivity contribution is 7.80. The van der Waals surface area contributed by atoms with E-state index < -0.39 is 144 Å². The molecule has 0 radical (unpaired) electrons. The van der Waals surface area contributed by atoms with Crippen LogP contribution in [-0.4, -0.2) is 10.7 Å². The number of nitrogens with zero attached hydrogens (tertiary/aromatic N) is 2. The molecular formula is C45H36BF15N2S. The number of imidazole rings is 1. The van der Waals surface area contributed by atoms with Crippen molar-refractivity contribution < 1.29 is 70.4 Å². The Bertz CT molecular complexity index is 2580. The molecule has 6 rings (SSSR count). The van der Waals surface area contributed by atoms with Crippen molar-refractivity contribution in [1.82, 2.24) is 4.57 Å². The molecule has 0 fully saturated rings. The summed E-state index contributed by atoms with van der Waals surface area (Å²) in [4.78, 5) is 0. The molecule has 0 unspecified atom stereocenters. The molecule has 340 valence electrons. The summed E-state index contributed by atoms with van der Waals surface area (Å²) >= 11 is 4.76. The quantitative estimate of drug-likeness (QED) is 0.0350. The molecule has 0 N–H and O–H groups in total. The first-order valence-electron chi connectivity index (χ1n) is 19.6. The highest BCUT2D eigenvalue weighted by Gasteiger charge is 2.54. The molecule has 2 nitrogen and oxygen atoms in total. The summed E-state index contributed by atoms with van der Waals surface area (Å²) in [7, 11) is 0. The van der Waals surface area contributed by atoms with Crippen LogP contribution in [-0.2, 0) is 0 Å². The molecule has 0 saturated carbocycles. The maximum Gasteiger partial charge on any atom is 0.322 e. The molecule has 0 bridgehead atoms. The van der Waals surface area contributed by atoms with Gasteiger partial charge in [0.1, 0.15) is 46.3 Å². The first-order chi connectivity index (χ1) is 29.8. The standard InChI is InChI=1S/C45H35BF15N2S/c1-16(2)20-11-9-12-21(17(3)4)43(20)62-15-24(63(45(62)64)44-22(18(5)6)13-10-14-23(44)19(7)8)46(25-28(47)34(53)40(59)35(54)29(25)48,26-30(49)36(55)41(60)37(56)31(26)50)27-32(51)38(57)42(61)39(58)33(27)52/h9-19H,1-8H3/q-1/p+1. The third-order valence-corrected chi connectivity index (χ3v) is 12.0. The van der Waals surface area contributed by atoms with Gasteiger partial charge in [0.2, 0.25) is 0 Å². The fourth-order valence-corrected chi connectivity index (χ4v) is 8.99. The fraction of sp³-hybridized carbons (Fsp3) is 0.267. The van der Waals surface area contributed by atoms with Gasteiger partial charge in [-0.15, -0.1) is 16.4 Å². The summed E-state index contributed by atoms with van der Waals surface area (Å²) in [5.41, 5.74) is -8.82. The lowest BCUT2D eigenvalue weighted by molar-refractivity contribution is -0.636. The number of benzene rings is 5. The van der Waals surface area contributed by atoms with Crippen LogP contribution in [0.15, 0.2) is 47.8 Å². The van der Waals surface area contributed by atoms with E-state index in [1.165, 1.54) is 18.2 Å². The van der Waals surface area contributed by atoms with Gasteiger partial charge in [-0.2, -0.15) is 4.57 Å². The number of thiol groups is 1. The lowest BCUT2D eigenvalue weighted by Crippen LogP contribution is -2.81. The van der Waals surface area contributed by atoms with Crippen molar-refractivity contribution in [3.8, 4) is 11.4 Å². The van der Waals surface area contributed by atoms with Gasteiger partial charge in [0.25, 0.3) is 0 Å². The second-order valence-electron chi connectivity index (χ2n) is 16.6. The zero-order valence-electron chi connectivity index (χ0n) is 34.9. The summed E-state index contributed by atoms with van der Waals surface area (Å²) in [5, 5.41) is -0.581. The van der Waals surface area contributed by atoms with E-state index in [-0.39, 0.29) is 22.5 Å². The van der Waals surface area contributed by atoms with E-state index in [9.17, 15) is 13.2 Å². The average Bonchev–Trinajstić information content (AvgIpc) is 3.59. The maximum absolute atomic E-state index is 17.0. The van der Waals surface area contributed by atoms with Crippen molar-refractivity contribution in [2.45, 2.75) is 84.2 Å². The Labute approximate surface area is 362 Å². The third kappa shape index (κ3) is 6.98. The molecule has 0 aliphatic heterocycles. The lowest BCUT2D eigenvalue weighted by atomic mass is 9.13. The monoisotopic (exact) mass is 932 g/mol. The predicted molar refractivity (Wildman–Crippen MR) is 214 cm³/mol. The summed E-state index contributed by atoms with van der Waals surface area (Å²) in [5.74, 6) is -48.5. The molecular weight excluding hydrogens is 896 g/mol. The van der Waals surface area contributed by atoms with Crippen molar-refractivity contribution in [3.63, 3.8) is 0 Å². The average molecular weight is 933 g/mol. The van der Waals surface area contributed by atoms with E-state index in [0.717, 1.165) is 4.57 Å². The Balaban J connectivity index is 2.20. The van der Waals surface area contributed by atoms with Crippen LogP contribution in [0.1, 0.15) is 101 Å². The molecule has 19 heteroatoms. The van der Waals surface area contributed by atoms with Crippen LogP contribution < -0.4 is 26.5 Å². The second kappa shape index (κ2) is 17.2. The van der Waals surface area contributed by atoms with Gasteiger partial charge in [-0.05, 0) is 29.3 Å². The minimum Gasteiger partial charge on any atom is -0.225 e. The smallest absolute Gasteiger partial charge is 0.225 e. The van der Waals surface area contributed by atoms with Crippen LogP contribution in [0.25, 0.3) is 11.4 Å². The topological polar surface area (TPSA) is 8.81 Å². The minimum atomic E-state index is -6.21. The Morgan fingerprint density at radius 1 is 0.406 bits per heavy atom. The number of para-hydroxylation sites is 2. The third-order valence-electron chi connectivity index (χ3n) is 11.6. The second-order valence-corrected chi connectivity index (χ2v) is 17.0. The van der Waals surface area contributed by atoms with Gasteiger partial charge in [0.15, 0.2) is 58.5 Å². The maximum atomic E-state index is 17.0. The van der Waals surface area contributed by atoms with Gasteiger partial charge >= 0.3 is 5.16 Å². The molecule has 1 aromatic heterocycles. The molecule has 5 aromatic carbocycles. The van der Waals surface area contributed by atoms with E-state index in [0.29, 0.717) is 21.9 Å². The van der Waals surface area contributed by atoms with Crippen molar-refractivity contribution in [2.75, 3.05) is 0 Å². The van der Waals surface area contributed by atoms with Crippen molar-refractivity contribution in [3.05, 3.63) is 152 Å². The van der Waals surface area contributed by atoms with Crippen LogP contribution in [0.5, 0.6) is 0 Å². The molecule has 0 aliphatic rings. The summed E-state index contributed by atoms with van der Waals surface area (Å²) in [6, 6.07) is 9.12. The molecule has 6 aromatic rings. The zero-order chi connectivity index (χ0) is 47.9. The molecule has 64 heavy (non-hydrogen) atoms. The van der Waals surface area contributed by atoms with Crippen LogP contribution in [0.2, 0.25) is 0 Å². The van der Waals surface area contributed by atoms with Crippen LogP contribution in [0.4, 0.5) is 65.9 Å². The molecule has 0 atom stereocenters. The van der Waals surface area contributed by atoms with Crippen molar-refractivity contribution in [2.24, 2.45) is 0 Å². The van der Waals surface area contributed by atoms with Gasteiger partial charge in [-0.25, -0.2) is 70.4 Å². The van der Waals surface area contributed by atoms with E-state index in [4.69, 9.17) is 12.6 Å². The molecule has 1 heterocycles. The Morgan fingerprint density at radius 3 is 0.922 bits per heavy atom. The largest absolute Gasteiger partial charge is 0.322 e. The van der Waals surface area contributed by atoms with Crippen LogP contribution in [0, 0.1) is 87.3 Å². The van der Waals surface area contributed by atoms with Crippen molar-refractivity contribution >= 4 is 40.8 Å². The molecule has 0 amide bonds. The first-order valence-corrected chi connectivity index (χ1v) is 20.1. The lowest BCUT2D eigenvalue weighted by Gasteiger charge is -2.42. The fourth-order valence-electron chi connectivity index (χ4n) is 8.61. The summed E-state index contributed by atoms with van der Waals surface area (Å²) in [6.07, 6.45) is -5.64. The van der Waals surface area contributed by atoms with Crippen LogP contribution >= 0.6 is 12.6 Å². The highest BCUT2D eigenvalue weighted by atomic mass is 32.1. The minimum absolute atomic E-state index is 0.0718. The Hall–Kier alpha value is -5.33. The normalized spacial score (nSPS) is 12.3. The molecule has 0 aliphatic carbocycles. The highest BCUT2D eigenvalue weighted by Crippen LogP contribution is 2.36. The number of hydrogen-bond acceptors (Lipinski definition) is 1. The number of aromatic nitrogens is 2. The Morgan fingerprint density at radius 2 is 0.656 bits per heavy atom. The summed E-state index contributed by atoms with van der Waals surface area (Å²) in [6.45, 7) is 13.1. The van der Waals surface area contributed by atoms with E-state index in [1.807, 2.05) is 0 Å². The molecule has 0 spiro atoms. The van der Waals surface area contributed by atoms with E-state index in [1.54, 1.807) is 73.6 Å². The molecule has 0 saturated heterocycles. The van der Waals surface area contributed by atoms with Gasteiger partial charge in [0, 0.05) is 22.3 Å². The number of halogens is 15. The summed E-state index contributed by atoms with van der Waals surface area (Å²) < 4.78 is 243. The van der Waals surface area contributed by atoms with Gasteiger partial charge in [-0.1, -0.05) is 104 Å². The Kier molecular flexibility index (Phi) is 13.0. The number of hydrogen-bond donors (Lipinski definition) is 1. The van der Waals surface area contributed by atoms with Gasteiger partial charge in [0.05, 0.1) is 6.20 Å². The first kappa shape index (κ1) is 48.1. The van der Waals surface area contributed by atoms with Gasteiger partial charge in [-0.3, -0.25) is 0 Å². The van der Waals surface area contributed by atoms with Gasteiger partial charge < -0.3 is 0 Å². The predicted octanol–water partition coefficient (Wildman–Crippen LogP) is 11.0. The van der Waals surface area contributed by atoms with Crippen LogP contribution in [0.3, 0.4) is 0 Å². The van der Waals surface area contributed by atoms with E-state index >= 15 is 52.7 Å². The zero-order valence-corrected chi connectivity index (χ0v) is 35.8. The van der Waals surface area contributed by atoms with Crippen molar-refractivity contribution in [1.29, 1.82) is 0 Å². The SMILES string of the molecule is CC(C)c1cccc(C(C)C)c1-n1c([B-](c2c(F)c(F)c(F)c(F)c2F)(c2c(F)c(F)c(F)c(F)c2F)c2c(F)c(F)c(F)c(F)c2F)c[n+](-c2c(C(C)C)cccc2C(C)C)c1S. The van der Waals surface area contributed by atoms with E-state index in [2.05, 4.69) is 0 Å².